The van der Waals surface area contributed by atoms with Crippen molar-refractivity contribution >= 4 is 45.1 Å². The van der Waals surface area contributed by atoms with Crippen molar-refractivity contribution in [3.63, 3.8) is 0 Å². The summed E-state index contributed by atoms with van der Waals surface area (Å²) in [5, 5.41) is 10.6. The van der Waals surface area contributed by atoms with Crippen LogP contribution < -0.4 is 19.7 Å². The number of hydrogen-bond acceptors (Lipinski definition) is 10. The maximum atomic E-state index is 15.2. The van der Waals surface area contributed by atoms with E-state index in [1.807, 2.05) is 37.3 Å². The molecule has 11 nitrogen and oxygen atoms in total. The molecule has 2 amide bonds. The average Bonchev–Trinajstić information content (AvgIpc) is 3.19. The number of nitrogens with zero attached hydrogens (tertiary/aromatic N) is 4. The Morgan fingerprint density at radius 1 is 0.875 bits per heavy atom. The van der Waals surface area contributed by atoms with Gasteiger partial charge in [0.15, 0.2) is 11.5 Å². The maximum Gasteiger partial charge on any atom is 0.418 e. The lowest BCUT2D eigenvalue weighted by Gasteiger charge is -2.35. The number of alkyl halides is 3. The highest BCUT2D eigenvalue weighted by Crippen LogP contribution is 2.36. The third-order valence-electron chi connectivity index (χ3n) is 8.71. The molecule has 6 rings (SSSR count). The Hall–Kier alpha value is -5.68. The molecule has 0 aliphatic carbocycles. The van der Waals surface area contributed by atoms with Gasteiger partial charge in [-0.3, -0.25) is 9.59 Å². The summed E-state index contributed by atoms with van der Waals surface area (Å²) < 4.78 is 90.4. The highest BCUT2D eigenvalue weighted by atomic mass is 32.2. The first-order valence-electron chi connectivity index (χ1n) is 17.4. The van der Waals surface area contributed by atoms with E-state index in [9.17, 15) is 31.2 Å². The number of aromatic nitrogens is 2. The molecule has 17 heteroatoms. The molecule has 56 heavy (non-hydrogen) atoms. The van der Waals surface area contributed by atoms with Gasteiger partial charge in [-0.05, 0) is 79.2 Å². The summed E-state index contributed by atoms with van der Waals surface area (Å²) in [5.41, 5.74) is -0.730. The number of thioether (sulfide) groups is 1. The minimum absolute atomic E-state index is 0.177. The number of piperazine rings is 1. The number of carbonyl (C=O) groups excluding carboxylic acids is 2. The van der Waals surface area contributed by atoms with Crippen LogP contribution in [0, 0.1) is 5.82 Å². The van der Waals surface area contributed by atoms with Crippen molar-refractivity contribution in [3.8, 4) is 16.9 Å². The Morgan fingerprint density at radius 3 is 2.32 bits per heavy atom. The molecule has 1 fully saturated rings. The standard InChI is InChI=1S/C39H36F4N6O5S2/c1-2-54-28-8-6-7-26(23-28)31-13-11-27(24-33(31)40)38(51)49-20-18-48(19-21-49)36-16-15-35(45-46-36)37(50)47-56(52,53)30-12-14-34(32(25-30)39(41,42)43)44-17-22-55-29-9-4-3-5-10-29/h3-16,23-25,44H,2,17-22H2,1H3,(H,47,50). The van der Waals surface area contributed by atoms with E-state index in [4.69, 9.17) is 4.74 Å². The van der Waals surface area contributed by atoms with Gasteiger partial charge < -0.3 is 19.9 Å². The predicted octanol–water partition coefficient (Wildman–Crippen LogP) is 6.99. The molecule has 2 N–H and O–H groups in total. The highest BCUT2D eigenvalue weighted by molar-refractivity contribution is 7.99. The van der Waals surface area contributed by atoms with E-state index < -0.39 is 38.4 Å². The Balaban J connectivity index is 1.03. The largest absolute Gasteiger partial charge is 0.494 e. The SMILES string of the molecule is CCOc1cccc(-c2ccc(C(=O)N3CCN(c4ccc(C(=O)NS(=O)(=O)c5ccc(NCCSc6ccccc6)c(C(F)(F)F)c5)nn4)CC3)cc2F)c1. The molecule has 0 atom stereocenters. The van der Waals surface area contributed by atoms with Crippen LogP contribution in [0.3, 0.4) is 0 Å². The van der Waals surface area contributed by atoms with Crippen molar-refractivity contribution in [2.75, 3.05) is 55.3 Å². The van der Waals surface area contributed by atoms with Gasteiger partial charge in [-0.25, -0.2) is 17.5 Å². The molecule has 5 aromatic rings. The summed E-state index contributed by atoms with van der Waals surface area (Å²) in [5.74, 6) is -0.661. The Labute approximate surface area is 325 Å². The van der Waals surface area contributed by atoms with Crippen LogP contribution in [-0.4, -0.2) is 80.4 Å². The summed E-state index contributed by atoms with van der Waals surface area (Å²) in [4.78, 5) is 29.7. The smallest absolute Gasteiger partial charge is 0.418 e. The summed E-state index contributed by atoms with van der Waals surface area (Å²) in [7, 11) is -4.74. The number of halogens is 4. The first-order valence-corrected chi connectivity index (χ1v) is 19.9. The van der Waals surface area contributed by atoms with Gasteiger partial charge in [0.25, 0.3) is 21.8 Å². The number of rotatable bonds is 13. The molecule has 1 aliphatic rings. The Morgan fingerprint density at radius 2 is 1.64 bits per heavy atom. The number of nitrogens with one attached hydrogen (secondary N) is 2. The van der Waals surface area contributed by atoms with Gasteiger partial charge in [-0.15, -0.1) is 22.0 Å². The second kappa shape index (κ2) is 17.4. The topological polar surface area (TPSA) is 134 Å². The zero-order valence-electron chi connectivity index (χ0n) is 29.9. The molecule has 2 heterocycles. The average molecular weight is 809 g/mol. The van der Waals surface area contributed by atoms with Gasteiger partial charge >= 0.3 is 6.18 Å². The van der Waals surface area contributed by atoms with Crippen molar-refractivity contribution in [2.45, 2.75) is 22.9 Å². The number of ether oxygens (including phenoxy) is 1. The fourth-order valence-corrected chi connectivity index (χ4v) is 7.70. The second-order valence-electron chi connectivity index (χ2n) is 12.4. The lowest BCUT2D eigenvalue weighted by Crippen LogP contribution is -2.49. The van der Waals surface area contributed by atoms with Crippen molar-refractivity contribution in [2.24, 2.45) is 0 Å². The van der Waals surface area contributed by atoms with Crippen LogP contribution in [0.4, 0.5) is 29.1 Å². The van der Waals surface area contributed by atoms with E-state index >= 15 is 4.39 Å². The quantitative estimate of drug-likeness (QED) is 0.0729. The summed E-state index contributed by atoms with van der Waals surface area (Å²) in [6.45, 7) is 3.74. The third-order valence-corrected chi connectivity index (χ3v) is 11.1. The fraction of sp³-hybridized carbons (Fsp3) is 0.231. The van der Waals surface area contributed by atoms with Gasteiger partial charge in [-0.2, -0.15) is 13.2 Å². The van der Waals surface area contributed by atoms with Gasteiger partial charge in [0.05, 0.1) is 17.1 Å². The third kappa shape index (κ3) is 9.75. The van der Waals surface area contributed by atoms with Crippen molar-refractivity contribution < 1.29 is 40.3 Å². The molecular weight excluding hydrogens is 773 g/mol. The molecule has 1 saturated heterocycles. The number of carbonyl (C=O) groups is 2. The molecule has 0 radical (unpaired) electrons. The van der Waals surface area contributed by atoms with Gasteiger partial charge in [0, 0.05) is 60.2 Å². The maximum absolute atomic E-state index is 15.2. The first kappa shape index (κ1) is 40.0. The van der Waals surface area contributed by atoms with Crippen LogP contribution in [0.25, 0.3) is 11.1 Å². The van der Waals surface area contributed by atoms with Gasteiger partial charge in [-0.1, -0.05) is 36.4 Å². The normalized spacial score (nSPS) is 13.3. The van der Waals surface area contributed by atoms with Gasteiger partial charge in [0.1, 0.15) is 11.6 Å². The Bertz CT molecular complexity index is 2290. The van der Waals surface area contributed by atoms with E-state index in [0.29, 0.717) is 54.2 Å². The second-order valence-corrected chi connectivity index (χ2v) is 15.3. The zero-order valence-corrected chi connectivity index (χ0v) is 31.6. The minimum atomic E-state index is -4.88. The fourth-order valence-electron chi connectivity index (χ4n) is 5.92. The van der Waals surface area contributed by atoms with Crippen LogP contribution in [0.15, 0.2) is 113 Å². The number of sulfonamides is 1. The molecular formula is C39H36F4N6O5S2. The molecule has 1 aromatic heterocycles. The van der Waals surface area contributed by atoms with Crippen molar-refractivity contribution in [1.82, 2.24) is 19.8 Å². The number of anilines is 2. The molecule has 4 aromatic carbocycles. The lowest BCUT2D eigenvalue weighted by atomic mass is 10.0. The van der Waals surface area contributed by atoms with E-state index in [0.717, 1.165) is 17.0 Å². The lowest BCUT2D eigenvalue weighted by molar-refractivity contribution is -0.137. The van der Waals surface area contributed by atoms with Crippen LogP contribution >= 0.6 is 11.8 Å². The number of amides is 2. The van der Waals surface area contributed by atoms with Crippen LogP contribution in [0.1, 0.15) is 33.3 Å². The van der Waals surface area contributed by atoms with Crippen LogP contribution in [0.2, 0.25) is 0 Å². The summed E-state index contributed by atoms with van der Waals surface area (Å²) >= 11 is 1.45. The van der Waals surface area contributed by atoms with Crippen molar-refractivity contribution in [1.29, 1.82) is 0 Å². The van der Waals surface area contributed by atoms with Gasteiger partial charge in [0.2, 0.25) is 0 Å². The van der Waals surface area contributed by atoms with Crippen molar-refractivity contribution in [3.05, 3.63) is 126 Å². The molecule has 0 unspecified atom stereocenters. The summed E-state index contributed by atoms with van der Waals surface area (Å²) in [6, 6.07) is 25.8. The van der Waals surface area contributed by atoms with E-state index in [-0.39, 0.29) is 42.5 Å². The number of benzene rings is 4. The minimum Gasteiger partial charge on any atom is -0.494 e. The predicted molar refractivity (Wildman–Crippen MR) is 205 cm³/mol. The highest BCUT2D eigenvalue weighted by Gasteiger charge is 2.35. The zero-order chi connectivity index (χ0) is 39.9. The molecule has 1 aliphatic heterocycles. The molecule has 0 bridgehead atoms. The molecule has 292 valence electrons. The van der Waals surface area contributed by atoms with Crippen LogP contribution in [-0.2, 0) is 16.2 Å². The van der Waals surface area contributed by atoms with Crippen LogP contribution in [0.5, 0.6) is 5.75 Å². The van der Waals surface area contributed by atoms with E-state index in [2.05, 4.69) is 15.5 Å². The Kier molecular flexibility index (Phi) is 12.4. The monoisotopic (exact) mass is 808 g/mol. The molecule has 0 saturated carbocycles. The molecule has 0 spiro atoms. The number of hydrogen-bond donors (Lipinski definition) is 2. The van der Waals surface area contributed by atoms with E-state index in [1.165, 1.54) is 30.0 Å². The summed E-state index contributed by atoms with van der Waals surface area (Å²) in [6.07, 6.45) is -4.88. The first-order chi connectivity index (χ1) is 26.8. The van der Waals surface area contributed by atoms with E-state index in [1.54, 1.807) is 50.9 Å².